The summed E-state index contributed by atoms with van der Waals surface area (Å²) in [5, 5.41) is -0.186. The molecule has 0 fully saturated rings. The largest absolute Gasteiger partial charge is 0.399 e. The second-order valence-corrected chi connectivity index (χ2v) is 3.28. The van der Waals surface area contributed by atoms with Gasteiger partial charge >= 0.3 is 0 Å². The average Bonchev–Trinajstić information content (AvgIpc) is 2.04. The van der Waals surface area contributed by atoms with Crippen LogP contribution in [0.5, 0.6) is 0 Å². The van der Waals surface area contributed by atoms with Crippen LogP contribution in [-0.2, 0) is 0 Å². The first kappa shape index (κ1) is 9.07. The van der Waals surface area contributed by atoms with Crippen LogP contribution in [0.2, 0.25) is 0 Å². The van der Waals surface area contributed by atoms with E-state index in [1.807, 2.05) is 6.92 Å². The molecule has 0 heterocycles. The zero-order chi connectivity index (χ0) is 9.14. The highest BCUT2D eigenvalue weighted by Crippen LogP contribution is 2.24. The van der Waals surface area contributed by atoms with Gasteiger partial charge in [-0.2, -0.15) is 0 Å². The molecule has 0 aliphatic carbocycles. The zero-order valence-corrected chi connectivity index (χ0v) is 7.51. The molecule has 2 N–H and O–H groups in total. The van der Waals surface area contributed by atoms with Gasteiger partial charge in [-0.15, -0.1) is 11.6 Å². The maximum absolute atomic E-state index is 10.5. The Labute approximate surface area is 76.3 Å². The SMILES string of the molecule is CC(Cl)c1cc(N)ccc1C=O. The molecule has 0 radical (unpaired) electrons. The first-order chi connectivity index (χ1) is 5.65. The third-order valence-corrected chi connectivity index (χ3v) is 1.90. The smallest absolute Gasteiger partial charge is 0.150 e. The second-order valence-electron chi connectivity index (χ2n) is 2.62. The van der Waals surface area contributed by atoms with Gasteiger partial charge in [0.25, 0.3) is 0 Å². The zero-order valence-electron chi connectivity index (χ0n) is 6.75. The molecule has 0 spiro atoms. The molecule has 0 saturated heterocycles. The Hall–Kier alpha value is -1.02. The summed E-state index contributed by atoms with van der Waals surface area (Å²) in [5.41, 5.74) is 7.56. The van der Waals surface area contributed by atoms with E-state index in [9.17, 15) is 4.79 Å². The van der Waals surface area contributed by atoms with E-state index >= 15 is 0 Å². The minimum atomic E-state index is -0.186. The van der Waals surface area contributed by atoms with Gasteiger partial charge in [0.1, 0.15) is 6.29 Å². The number of rotatable bonds is 2. The van der Waals surface area contributed by atoms with Crippen LogP contribution in [0, 0.1) is 0 Å². The summed E-state index contributed by atoms with van der Waals surface area (Å²) in [6, 6.07) is 5.09. The Kier molecular flexibility index (Phi) is 2.71. The fourth-order valence-electron chi connectivity index (χ4n) is 1.05. The summed E-state index contributed by atoms with van der Waals surface area (Å²) >= 11 is 5.84. The molecule has 0 bridgehead atoms. The monoisotopic (exact) mass is 183 g/mol. The van der Waals surface area contributed by atoms with Crippen molar-refractivity contribution in [3.8, 4) is 0 Å². The molecule has 0 amide bonds. The Bertz CT molecular complexity index is 297. The molecule has 1 unspecified atom stereocenters. The maximum atomic E-state index is 10.5. The number of alkyl halides is 1. The molecule has 0 saturated carbocycles. The van der Waals surface area contributed by atoms with Gasteiger partial charge in [-0.25, -0.2) is 0 Å². The van der Waals surface area contributed by atoms with Crippen molar-refractivity contribution in [2.45, 2.75) is 12.3 Å². The van der Waals surface area contributed by atoms with Crippen LogP contribution in [0.1, 0.15) is 28.2 Å². The topological polar surface area (TPSA) is 43.1 Å². The van der Waals surface area contributed by atoms with Crippen molar-refractivity contribution in [3.63, 3.8) is 0 Å². The van der Waals surface area contributed by atoms with Crippen LogP contribution in [0.15, 0.2) is 18.2 Å². The van der Waals surface area contributed by atoms with Crippen molar-refractivity contribution in [1.82, 2.24) is 0 Å². The van der Waals surface area contributed by atoms with Crippen LogP contribution in [0.3, 0.4) is 0 Å². The Morgan fingerprint density at radius 1 is 1.58 bits per heavy atom. The summed E-state index contributed by atoms with van der Waals surface area (Å²) < 4.78 is 0. The lowest BCUT2D eigenvalue weighted by Gasteiger charge is -2.06. The molecule has 1 aromatic rings. The predicted octanol–water partition coefficient (Wildman–Crippen LogP) is 2.38. The minimum absolute atomic E-state index is 0.186. The van der Waals surface area contributed by atoms with Gasteiger partial charge in [-0.3, -0.25) is 4.79 Å². The molecule has 0 aliphatic rings. The highest BCUT2D eigenvalue weighted by molar-refractivity contribution is 6.21. The van der Waals surface area contributed by atoms with E-state index in [-0.39, 0.29) is 5.38 Å². The average molecular weight is 184 g/mol. The number of aldehydes is 1. The summed E-state index contributed by atoms with van der Waals surface area (Å²) in [6.07, 6.45) is 0.785. The highest BCUT2D eigenvalue weighted by atomic mass is 35.5. The number of halogens is 1. The summed E-state index contributed by atoms with van der Waals surface area (Å²) in [6.45, 7) is 1.81. The number of nitrogens with two attached hydrogens (primary N) is 1. The molecule has 1 rings (SSSR count). The minimum Gasteiger partial charge on any atom is -0.399 e. The molecule has 64 valence electrons. The van der Waals surface area contributed by atoms with Crippen molar-refractivity contribution in [2.75, 3.05) is 5.73 Å². The third kappa shape index (κ3) is 1.77. The van der Waals surface area contributed by atoms with Crippen molar-refractivity contribution in [1.29, 1.82) is 0 Å². The molecular formula is C9H10ClNO. The van der Waals surface area contributed by atoms with Gasteiger partial charge in [-0.05, 0) is 30.7 Å². The van der Waals surface area contributed by atoms with Gasteiger partial charge in [-0.1, -0.05) is 0 Å². The number of hydrogen-bond donors (Lipinski definition) is 1. The van der Waals surface area contributed by atoms with Gasteiger partial charge < -0.3 is 5.73 Å². The van der Waals surface area contributed by atoms with E-state index in [4.69, 9.17) is 17.3 Å². The molecule has 3 heteroatoms. The van der Waals surface area contributed by atoms with Crippen molar-refractivity contribution in [3.05, 3.63) is 29.3 Å². The van der Waals surface area contributed by atoms with Gasteiger partial charge in [0, 0.05) is 11.3 Å². The fourth-order valence-corrected chi connectivity index (χ4v) is 1.23. The third-order valence-electron chi connectivity index (χ3n) is 1.67. The lowest BCUT2D eigenvalue weighted by atomic mass is 10.1. The number of carbonyl (C=O) groups is 1. The summed E-state index contributed by atoms with van der Waals surface area (Å²) in [5.74, 6) is 0. The second kappa shape index (κ2) is 3.59. The quantitative estimate of drug-likeness (QED) is 0.435. The Balaban J connectivity index is 3.21. The molecule has 2 nitrogen and oxygen atoms in total. The first-order valence-corrected chi connectivity index (χ1v) is 4.07. The summed E-state index contributed by atoms with van der Waals surface area (Å²) in [4.78, 5) is 10.5. The van der Waals surface area contributed by atoms with E-state index in [0.717, 1.165) is 11.8 Å². The number of carbonyl (C=O) groups excluding carboxylic acids is 1. The number of nitrogen functional groups attached to an aromatic ring is 1. The van der Waals surface area contributed by atoms with Crippen LogP contribution < -0.4 is 5.73 Å². The summed E-state index contributed by atoms with van der Waals surface area (Å²) in [7, 11) is 0. The van der Waals surface area contributed by atoms with Gasteiger partial charge in [0.05, 0.1) is 5.38 Å². The molecule has 0 aromatic heterocycles. The molecular weight excluding hydrogens is 174 g/mol. The molecule has 1 aromatic carbocycles. The Morgan fingerprint density at radius 3 is 2.75 bits per heavy atom. The van der Waals surface area contributed by atoms with E-state index < -0.39 is 0 Å². The normalized spacial score (nSPS) is 12.5. The van der Waals surface area contributed by atoms with E-state index in [2.05, 4.69) is 0 Å². The first-order valence-electron chi connectivity index (χ1n) is 3.64. The van der Waals surface area contributed by atoms with Crippen molar-refractivity contribution in [2.24, 2.45) is 0 Å². The van der Waals surface area contributed by atoms with E-state index in [1.54, 1.807) is 18.2 Å². The van der Waals surface area contributed by atoms with Gasteiger partial charge in [0.15, 0.2) is 0 Å². The molecule has 1 atom stereocenters. The lowest BCUT2D eigenvalue weighted by Crippen LogP contribution is -1.95. The van der Waals surface area contributed by atoms with Crippen LogP contribution in [0.25, 0.3) is 0 Å². The number of anilines is 1. The maximum Gasteiger partial charge on any atom is 0.150 e. The highest BCUT2D eigenvalue weighted by Gasteiger charge is 2.07. The molecule has 0 aliphatic heterocycles. The van der Waals surface area contributed by atoms with Crippen LogP contribution in [0.4, 0.5) is 5.69 Å². The fraction of sp³-hybridized carbons (Fsp3) is 0.222. The predicted molar refractivity (Wildman–Crippen MR) is 50.5 cm³/mol. The van der Waals surface area contributed by atoms with E-state index in [0.29, 0.717) is 11.3 Å². The van der Waals surface area contributed by atoms with Crippen LogP contribution in [-0.4, -0.2) is 6.29 Å². The van der Waals surface area contributed by atoms with Crippen molar-refractivity contribution >= 4 is 23.6 Å². The molecule has 12 heavy (non-hydrogen) atoms. The lowest BCUT2D eigenvalue weighted by molar-refractivity contribution is 0.112. The Morgan fingerprint density at radius 2 is 2.25 bits per heavy atom. The van der Waals surface area contributed by atoms with Gasteiger partial charge in [0.2, 0.25) is 0 Å². The van der Waals surface area contributed by atoms with E-state index in [1.165, 1.54) is 0 Å². The number of benzene rings is 1. The standard InChI is InChI=1S/C9H10ClNO/c1-6(10)9-4-8(11)3-2-7(9)5-12/h2-6H,11H2,1H3. The van der Waals surface area contributed by atoms with Crippen LogP contribution >= 0.6 is 11.6 Å². The van der Waals surface area contributed by atoms with Crippen molar-refractivity contribution < 1.29 is 4.79 Å². The number of hydrogen-bond acceptors (Lipinski definition) is 2.